The number of hydrogen-bond donors (Lipinski definition) is 0. The van der Waals surface area contributed by atoms with Crippen LogP contribution in [0.25, 0.3) is 0 Å². The van der Waals surface area contributed by atoms with E-state index in [1.807, 2.05) is 19.1 Å². The van der Waals surface area contributed by atoms with Crippen LogP contribution in [-0.2, 0) is 0 Å². The molecular formula is C18H23NO. The Hall–Kier alpha value is -1.72. The lowest BCUT2D eigenvalue weighted by atomic mass is 10.0. The molecule has 20 heavy (non-hydrogen) atoms. The van der Waals surface area contributed by atoms with E-state index in [1.165, 1.54) is 24.8 Å². The standard InChI is InChI=1S/C18H23NO/c1-15(2)7-12-18(19-13-5-4-6-14-19)16-8-10-17(20-3)11-9-16/h8-11,18H,1,4-6,13-14H2,2-3H3. The van der Waals surface area contributed by atoms with E-state index < -0.39 is 0 Å². The molecule has 2 rings (SSSR count). The first-order valence-electron chi connectivity index (χ1n) is 7.26. The molecule has 2 heteroatoms. The second-order valence-electron chi connectivity index (χ2n) is 5.32. The molecule has 1 aromatic carbocycles. The summed E-state index contributed by atoms with van der Waals surface area (Å²) in [5, 5.41) is 0. The van der Waals surface area contributed by atoms with Gasteiger partial charge in [0.1, 0.15) is 5.75 Å². The number of methoxy groups -OCH3 is 1. The normalized spacial score (nSPS) is 16.9. The van der Waals surface area contributed by atoms with Crippen molar-refractivity contribution in [3.8, 4) is 17.6 Å². The van der Waals surface area contributed by atoms with Gasteiger partial charge in [0.2, 0.25) is 0 Å². The van der Waals surface area contributed by atoms with Gasteiger partial charge < -0.3 is 4.74 Å². The molecule has 1 aliphatic rings. The first-order valence-corrected chi connectivity index (χ1v) is 7.26. The van der Waals surface area contributed by atoms with E-state index in [1.54, 1.807) is 7.11 Å². The van der Waals surface area contributed by atoms with Crippen LogP contribution in [0.15, 0.2) is 36.4 Å². The van der Waals surface area contributed by atoms with Gasteiger partial charge in [0.15, 0.2) is 0 Å². The molecule has 106 valence electrons. The highest BCUT2D eigenvalue weighted by Crippen LogP contribution is 2.25. The van der Waals surface area contributed by atoms with Gasteiger partial charge >= 0.3 is 0 Å². The molecule has 1 aliphatic heterocycles. The van der Waals surface area contributed by atoms with Crippen molar-refractivity contribution >= 4 is 0 Å². The number of allylic oxidation sites excluding steroid dienone is 1. The quantitative estimate of drug-likeness (QED) is 0.774. The van der Waals surface area contributed by atoms with E-state index in [4.69, 9.17) is 4.74 Å². The smallest absolute Gasteiger partial charge is 0.118 e. The van der Waals surface area contributed by atoms with Crippen LogP contribution in [0.1, 0.15) is 37.8 Å². The molecule has 0 saturated carbocycles. The van der Waals surface area contributed by atoms with Crippen molar-refractivity contribution in [1.82, 2.24) is 4.90 Å². The third kappa shape index (κ3) is 3.88. The van der Waals surface area contributed by atoms with Crippen molar-refractivity contribution in [2.45, 2.75) is 32.2 Å². The largest absolute Gasteiger partial charge is 0.497 e. The summed E-state index contributed by atoms with van der Waals surface area (Å²) in [4.78, 5) is 2.47. The zero-order chi connectivity index (χ0) is 14.4. The summed E-state index contributed by atoms with van der Waals surface area (Å²) < 4.78 is 5.23. The van der Waals surface area contributed by atoms with Crippen molar-refractivity contribution in [3.05, 3.63) is 42.0 Å². The van der Waals surface area contributed by atoms with Crippen molar-refractivity contribution in [2.24, 2.45) is 0 Å². The third-order valence-corrected chi connectivity index (χ3v) is 3.61. The molecule has 0 amide bonds. The molecule has 2 nitrogen and oxygen atoms in total. The topological polar surface area (TPSA) is 12.5 Å². The maximum Gasteiger partial charge on any atom is 0.118 e. The van der Waals surface area contributed by atoms with E-state index in [0.29, 0.717) is 0 Å². The van der Waals surface area contributed by atoms with Gasteiger partial charge in [-0.2, -0.15) is 0 Å². The fraction of sp³-hybridized carbons (Fsp3) is 0.444. The van der Waals surface area contributed by atoms with Crippen molar-refractivity contribution < 1.29 is 4.74 Å². The van der Waals surface area contributed by atoms with Gasteiger partial charge in [-0.1, -0.05) is 37.0 Å². The molecule has 1 unspecified atom stereocenters. The van der Waals surface area contributed by atoms with Gasteiger partial charge in [0.05, 0.1) is 13.2 Å². The first-order chi connectivity index (χ1) is 9.70. The van der Waals surface area contributed by atoms with Crippen molar-refractivity contribution in [3.63, 3.8) is 0 Å². The van der Waals surface area contributed by atoms with Gasteiger partial charge in [-0.3, -0.25) is 4.90 Å². The van der Waals surface area contributed by atoms with Crippen LogP contribution in [0, 0.1) is 11.8 Å². The molecule has 0 N–H and O–H groups in total. The Morgan fingerprint density at radius 1 is 1.20 bits per heavy atom. The Morgan fingerprint density at radius 2 is 1.85 bits per heavy atom. The lowest BCUT2D eigenvalue weighted by molar-refractivity contribution is 0.197. The van der Waals surface area contributed by atoms with Gasteiger partial charge in [-0.25, -0.2) is 0 Å². The molecule has 1 atom stereocenters. The second-order valence-corrected chi connectivity index (χ2v) is 5.32. The summed E-state index contributed by atoms with van der Waals surface area (Å²) in [5.74, 6) is 7.42. The summed E-state index contributed by atoms with van der Waals surface area (Å²) in [7, 11) is 1.69. The molecule has 1 fully saturated rings. The monoisotopic (exact) mass is 269 g/mol. The highest BCUT2D eigenvalue weighted by Gasteiger charge is 2.20. The van der Waals surface area contributed by atoms with Gasteiger partial charge in [0, 0.05) is 0 Å². The van der Waals surface area contributed by atoms with Crippen LogP contribution in [-0.4, -0.2) is 25.1 Å². The van der Waals surface area contributed by atoms with Crippen LogP contribution >= 0.6 is 0 Å². The highest BCUT2D eigenvalue weighted by molar-refractivity contribution is 5.35. The third-order valence-electron chi connectivity index (χ3n) is 3.61. The zero-order valence-corrected chi connectivity index (χ0v) is 12.5. The molecule has 1 aromatic rings. The lowest BCUT2D eigenvalue weighted by Crippen LogP contribution is -2.33. The van der Waals surface area contributed by atoms with Crippen molar-refractivity contribution in [1.29, 1.82) is 0 Å². The number of likely N-dealkylation sites (tertiary alicyclic amines) is 1. The average Bonchev–Trinajstić information content (AvgIpc) is 2.49. The summed E-state index contributed by atoms with van der Waals surface area (Å²) in [6, 6.07) is 8.41. The maximum absolute atomic E-state index is 5.23. The Labute approximate surface area is 122 Å². The number of ether oxygens (including phenoxy) is 1. The Bertz CT molecular complexity index is 500. The molecule has 1 saturated heterocycles. The first kappa shape index (κ1) is 14.7. The molecule has 0 bridgehead atoms. The summed E-state index contributed by atoms with van der Waals surface area (Å²) in [6.45, 7) is 8.09. The van der Waals surface area contributed by atoms with E-state index in [2.05, 4.69) is 35.5 Å². The average molecular weight is 269 g/mol. The molecular weight excluding hydrogens is 246 g/mol. The number of rotatable bonds is 3. The van der Waals surface area contributed by atoms with Crippen molar-refractivity contribution in [2.75, 3.05) is 20.2 Å². The summed E-state index contributed by atoms with van der Waals surface area (Å²) in [6.07, 6.45) is 3.86. The minimum absolute atomic E-state index is 0.165. The summed E-state index contributed by atoms with van der Waals surface area (Å²) >= 11 is 0. The Balaban J connectivity index is 2.24. The minimum Gasteiger partial charge on any atom is -0.497 e. The Kier molecular flexibility index (Phi) is 5.26. The van der Waals surface area contributed by atoms with Gasteiger partial charge in [-0.05, 0) is 56.1 Å². The van der Waals surface area contributed by atoms with Crippen LogP contribution in [0.5, 0.6) is 5.75 Å². The highest BCUT2D eigenvalue weighted by atomic mass is 16.5. The lowest BCUT2D eigenvalue weighted by Gasteiger charge is -2.31. The van der Waals surface area contributed by atoms with Crippen LogP contribution in [0.4, 0.5) is 0 Å². The van der Waals surface area contributed by atoms with E-state index >= 15 is 0 Å². The predicted octanol–water partition coefficient (Wildman–Crippen LogP) is 3.80. The molecule has 1 heterocycles. The Morgan fingerprint density at radius 3 is 2.40 bits per heavy atom. The predicted molar refractivity (Wildman–Crippen MR) is 83.7 cm³/mol. The minimum atomic E-state index is 0.165. The number of benzene rings is 1. The van der Waals surface area contributed by atoms with E-state index in [-0.39, 0.29) is 6.04 Å². The van der Waals surface area contributed by atoms with Crippen LogP contribution < -0.4 is 4.74 Å². The second kappa shape index (κ2) is 7.17. The number of nitrogens with zero attached hydrogens (tertiary/aromatic N) is 1. The van der Waals surface area contributed by atoms with Gasteiger partial charge in [0.25, 0.3) is 0 Å². The van der Waals surface area contributed by atoms with Crippen LogP contribution in [0.3, 0.4) is 0 Å². The fourth-order valence-corrected chi connectivity index (χ4v) is 2.54. The van der Waals surface area contributed by atoms with E-state index in [9.17, 15) is 0 Å². The van der Waals surface area contributed by atoms with E-state index in [0.717, 1.165) is 24.4 Å². The number of hydrogen-bond acceptors (Lipinski definition) is 2. The molecule has 0 spiro atoms. The SMILES string of the molecule is C=C(C)C#CC(c1ccc(OC)cc1)N1CCCCC1. The maximum atomic E-state index is 5.23. The van der Waals surface area contributed by atoms with Crippen LogP contribution in [0.2, 0.25) is 0 Å². The molecule has 0 aliphatic carbocycles. The summed E-state index contributed by atoms with van der Waals surface area (Å²) in [5.41, 5.74) is 2.15. The molecule has 0 aromatic heterocycles. The fourth-order valence-electron chi connectivity index (χ4n) is 2.54. The zero-order valence-electron chi connectivity index (χ0n) is 12.5. The van der Waals surface area contributed by atoms with Gasteiger partial charge in [-0.15, -0.1) is 0 Å². The molecule has 0 radical (unpaired) electrons. The number of piperidine rings is 1.